The van der Waals surface area contributed by atoms with Crippen molar-refractivity contribution in [2.24, 2.45) is 12.8 Å². The maximum absolute atomic E-state index is 12.2. The Kier molecular flexibility index (Phi) is 3.75. The molecule has 0 aliphatic carbocycles. The number of rotatable bonds is 3. The highest BCUT2D eigenvalue weighted by Gasteiger charge is 2.23. The number of hydrogen-bond donors (Lipinski definition) is 1. The summed E-state index contributed by atoms with van der Waals surface area (Å²) in [7, 11) is 1.84. The minimum atomic E-state index is 0.0670. The Morgan fingerprint density at radius 3 is 2.65 bits per heavy atom. The number of amides is 1. The first-order valence-corrected chi connectivity index (χ1v) is 5.90. The number of carbonyl (C=O) groups excluding carboxylic acids is 1. The van der Waals surface area contributed by atoms with E-state index in [-0.39, 0.29) is 5.91 Å². The third kappa shape index (κ3) is 2.65. The number of imidazole rings is 1. The first kappa shape index (κ1) is 12.1. The van der Waals surface area contributed by atoms with Gasteiger partial charge in [-0.05, 0) is 0 Å². The molecule has 2 N–H and O–H groups in total. The summed E-state index contributed by atoms with van der Waals surface area (Å²) in [6, 6.07) is 0. The summed E-state index contributed by atoms with van der Waals surface area (Å²) in [5.74, 6) is 0.0670. The van der Waals surface area contributed by atoms with Gasteiger partial charge in [-0.2, -0.15) is 0 Å². The van der Waals surface area contributed by atoms with Gasteiger partial charge in [0.2, 0.25) is 0 Å². The average Bonchev–Trinajstić information content (AvgIpc) is 2.76. The molecule has 1 saturated heterocycles. The van der Waals surface area contributed by atoms with Gasteiger partial charge in [-0.15, -0.1) is 0 Å². The zero-order valence-corrected chi connectivity index (χ0v) is 10.2. The van der Waals surface area contributed by atoms with Gasteiger partial charge in [-0.25, -0.2) is 4.98 Å². The molecule has 0 spiro atoms. The number of carbonyl (C=O) groups is 1. The molecule has 0 radical (unpaired) electrons. The Balaban J connectivity index is 1.93. The molecule has 2 rings (SSSR count). The Bertz CT molecular complexity index is 381. The van der Waals surface area contributed by atoms with Crippen LogP contribution in [0, 0.1) is 0 Å². The van der Waals surface area contributed by atoms with Gasteiger partial charge in [0, 0.05) is 46.3 Å². The second kappa shape index (κ2) is 5.29. The topological polar surface area (TPSA) is 67.4 Å². The van der Waals surface area contributed by atoms with Crippen LogP contribution in [0.15, 0.2) is 12.5 Å². The van der Waals surface area contributed by atoms with E-state index in [4.69, 9.17) is 5.73 Å². The third-order valence-corrected chi connectivity index (χ3v) is 3.14. The molecule has 1 aliphatic heterocycles. The molecule has 0 unspecified atom stereocenters. The van der Waals surface area contributed by atoms with Crippen LogP contribution in [0.2, 0.25) is 0 Å². The highest BCUT2D eigenvalue weighted by atomic mass is 16.2. The molecule has 6 nitrogen and oxygen atoms in total. The fourth-order valence-corrected chi connectivity index (χ4v) is 2.08. The van der Waals surface area contributed by atoms with E-state index in [1.165, 1.54) is 0 Å². The zero-order chi connectivity index (χ0) is 12.3. The lowest BCUT2D eigenvalue weighted by Crippen LogP contribution is -2.50. The van der Waals surface area contributed by atoms with Crippen molar-refractivity contribution >= 4 is 5.91 Å². The molecular formula is C11H19N5O. The molecule has 17 heavy (non-hydrogen) atoms. The summed E-state index contributed by atoms with van der Waals surface area (Å²) >= 11 is 0. The molecule has 6 heteroatoms. The fraction of sp³-hybridized carbons (Fsp3) is 0.636. The van der Waals surface area contributed by atoms with Gasteiger partial charge >= 0.3 is 0 Å². The lowest BCUT2D eigenvalue weighted by atomic mass is 10.3. The van der Waals surface area contributed by atoms with E-state index in [0.717, 1.165) is 32.7 Å². The first-order chi connectivity index (χ1) is 8.22. The summed E-state index contributed by atoms with van der Waals surface area (Å²) in [6.45, 7) is 4.93. The zero-order valence-electron chi connectivity index (χ0n) is 10.2. The van der Waals surface area contributed by atoms with Gasteiger partial charge in [0.1, 0.15) is 5.69 Å². The maximum Gasteiger partial charge on any atom is 0.272 e. The molecule has 94 valence electrons. The number of nitrogens with zero attached hydrogens (tertiary/aromatic N) is 4. The van der Waals surface area contributed by atoms with Gasteiger partial charge in [0.05, 0.1) is 12.5 Å². The van der Waals surface area contributed by atoms with E-state index in [2.05, 4.69) is 9.88 Å². The molecule has 1 fully saturated rings. The number of piperazine rings is 1. The summed E-state index contributed by atoms with van der Waals surface area (Å²) in [6.07, 6.45) is 3.27. The molecule has 2 heterocycles. The van der Waals surface area contributed by atoms with Crippen LogP contribution in [0.4, 0.5) is 0 Å². The third-order valence-electron chi connectivity index (χ3n) is 3.14. The minimum Gasteiger partial charge on any atom is -0.335 e. The molecule has 1 aliphatic rings. The molecule has 0 saturated carbocycles. The molecule has 1 aromatic rings. The van der Waals surface area contributed by atoms with Crippen LogP contribution in [0.25, 0.3) is 0 Å². The predicted octanol–water partition coefficient (Wildman–Crippen LogP) is -0.863. The van der Waals surface area contributed by atoms with Gasteiger partial charge in [-0.1, -0.05) is 0 Å². The van der Waals surface area contributed by atoms with Crippen molar-refractivity contribution in [3.05, 3.63) is 18.2 Å². The second-order valence-corrected chi connectivity index (χ2v) is 4.31. The lowest BCUT2D eigenvalue weighted by molar-refractivity contribution is 0.0631. The van der Waals surface area contributed by atoms with E-state index in [9.17, 15) is 4.79 Å². The fourth-order valence-electron chi connectivity index (χ4n) is 2.08. The Morgan fingerprint density at radius 1 is 1.41 bits per heavy atom. The van der Waals surface area contributed by atoms with Gasteiger partial charge < -0.3 is 15.2 Å². The average molecular weight is 237 g/mol. The van der Waals surface area contributed by atoms with Crippen LogP contribution < -0.4 is 5.73 Å². The molecule has 0 aromatic carbocycles. The van der Waals surface area contributed by atoms with Crippen molar-refractivity contribution in [3.8, 4) is 0 Å². The molecule has 0 bridgehead atoms. The summed E-state index contributed by atoms with van der Waals surface area (Å²) in [5.41, 5.74) is 6.17. The highest BCUT2D eigenvalue weighted by molar-refractivity contribution is 5.92. The van der Waals surface area contributed by atoms with Crippen molar-refractivity contribution in [1.82, 2.24) is 19.4 Å². The van der Waals surface area contributed by atoms with Crippen LogP contribution in [-0.2, 0) is 7.05 Å². The Hall–Kier alpha value is -1.40. The van der Waals surface area contributed by atoms with E-state index in [1.807, 2.05) is 11.9 Å². The van der Waals surface area contributed by atoms with Gasteiger partial charge in [0.25, 0.3) is 5.91 Å². The van der Waals surface area contributed by atoms with Gasteiger partial charge in [-0.3, -0.25) is 9.69 Å². The molecule has 0 atom stereocenters. The number of nitrogens with two attached hydrogens (primary N) is 1. The van der Waals surface area contributed by atoms with Crippen molar-refractivity contribution in [2.75, 3.05) is 39.3 Å². The highest BCUT2D eigenvalue weighted by Crippen LogP contribution is 2.07. The van der Waals surface area contributed by atoms with Crippen LogP contribution >= 0.6 is 0 Å². The Labute approximate surface area is 101 Å². The quantitative estimate of drug-likeness (QED) is 0.742. The van der Waals surface area contributed by atoms with Gasteiger partial charge in [0.15, 0.2) is 0 Å². The largest absolute Gasteiger partial charge is 0.335 e. The number of aromatic nitrogens is 2. The van der Waals surface area contributed by atoms with Crippen LogP contribution in [0.5, 0.6) is 0 Å². The van der Waals surface area contributed by atoms with E-state index < -0.39 is 0 Å². The van der Waals surface area contributed by atoms with E-state index >= 15 is 0 Å². The lowest BCUT2D eigenvalue weighted by Gasteiger charge is -2.34. The molecule has 1 amide bonds. The molecular weight excluding hydrogens is 218 g/mol. The van der Waals surface area contributed by atoms with Crippen molar-refractivity contribution in [2.45, 2.75) is 0 Å². The standard InChI is InChI=1S/C11H19N5O/c1-14-9-13-8-10(14)11(17)16-6-4-15(3-2-12)5-7-16/h8-9H,2-7,12H2,1H3. The Morgan fingerprint density at radius 2 is 2.12 bits per heavy atom. The van der Waals surface area contributed by atoms with Crippen LogP contribution in [-0.4, -0.2) is 64.5 Å². The van der Waals surface area contributed by atoms with Crippen molar-refractivity contribution < 1.29 is 4.79 Å². The summed E-state index contributed by atoms with van der Waals surface area (Å²) in [5, 5.41) is 0. The van der Waals surface area contributed by atoms with E-state index in [1.54, 1.807) is 17.1 Å². The van der Waals surface area contributed by atoms with Crippen molar-refractivity contribution in [3.63, 3.8) is 0 Å². The van der Waals surface area contributed by atoms with Crippen molar-refractivity contribution in [1.29, 1.82) is 0 Å². The minimum absolute atomic E-state index is 0.0670. The second-order valence-electron chi connectivity index (χ2n) is 4.31. The number of hydrogen-bond acceptors (Lipinski definition) is 4. The number of aryl methyl sites for hydroxylation is 1. The normalized spacial score (nSPS) is 17.4. The predicted molar refractivity (Wildman–Crippen MR) is 64.6 cm³/mol. The smallest absolute Gasteiger partial charge is 0.272 e. The van der Waals surface area contributed by atoms with Crippen LogP contribution in [0.1, 0.15) is 10.5 Å². The maximum atomic E-state index is 12.2. The van der Waals surface area contributed by atoms with E-state index in [0.29, 0.717) is 12.2 Å². The SMILES string of the molecule is Cn1cncc1C(=O)N1CCN(CCN)CC1. The first-order valence-electron chi connectivity index (χ1n) is 5.90. The monoisotopic (exact) mass is 237 g/mol. The summed E-state index contributed by atoms with van der Waals surface area (Å²) in [4.78, 5) is 20.3. The molecule has 1 aromatic heterocycles. The van der Waals surface area contributed by atoms with Crippen LogP contribution in [0.3, 0.4) is 0 Å². The summed E-state index contributed by atoms with van der Waals surface area (Å²) < 4.78 is 1.76.